The van der Waals surface area contributed by atoms with Gasteiger partial charge in [0.1, 0.15) is 0 Å². The molecule has 0 bridgehead atoms. The van der Waals surface area contributed by atoms with Gasteiger partial charge in [0.2, 0.25) is 0 Å². The van der Waals surface area contributed by atoms with Gasteiger partial charge in [-0.25, -0.2) is 0 Å². The van der Waals surface area contributed by atoms with E-state index in [1.807, 2.05) is 24.3 Å². The molecule has 0 amide bonds. The lowest BCUT2D eigenvalue weighted by Gasteiger charge is -1.91. The van der Waals surface area contributed by atoms with Crippen LogP contribution in [0.4, 0.5) is 0 Å². The van der Waals surface area contributed by atoms with Crippen LogP contribution in [0.5, 0.6) is 0 Å². The molecule has 0 atom stereocenters. The summed E-state index contributed by atoms with van der Waals surface area (Å²) in [4.78, 5) is 0. The molecule has 0 spiro atoms. The molecule has 0 unspecified atom stereocenters. The molecule has 0 aliphatic carbocycles. The summed E-state index contributed by atoms with van der Waals surface area (Å²) in [5, 5.41) is 7.33. The zero-order valence-corrected chi connectivity index (χ0v) is 7.61. The Kier molecular flexibility index (Phi) is 11.3. The average molecular weight is 180 g/mol. The van der Waals surface area contributed by atoms with Crippen molar-refractivity contribution in [3.8, 4) is 0 Å². The maximum Gasteiger partial charge on any atom is 0.0719 e. The Hall–Kier alpha value is -1.54. The first-order valence-electron chi connectivity index (χ1n) is 3.75. The van der Waals surface area contributed by atoms with E-state index in [0.717, 1.165) is 12.7 Å². The molecular weight excluding hydrogens is 164 g/mol. The molecule has 0 aliphatic rings. The monoisotopic (exact) mass is 180 g/mol. The first kappa shape index (κ1) is 14.0. The number of allylic oxidation sites excluding steroid dienone is 1. The summed E-state index contributed by atoms with van der Waals surface area (Å²) < 4.78 is 0. The first-order valence-corrected chi connectivity index (χ1v) is 3.75. The van der Waals surface area contributed by atoms with Gasteiger partial charge in [0.25, 0.3) is 0 Å². The van der Waals surface area contributed by atoms with E-state index in [-0.39, 0.29) is 5.48 Å². The molecule has 3 N–H and O–H groups in total. The number of rotatable bonds is 2. The minimum absolute atomic E-state index is 0. The van der Waals surface area contributed by atoms with Gasteiger partial charge >= 0.3 is 0 Å². The van der Waals surface area contributed by atoms with E-state index in [0.29, 0.717) is 0 Å². The molecule has 1 rings (SSSR count). The third kappa shape index (κ3) is 8.37. The number of benzene rings is 1. The van der Waals surface area contributed by atoms with Crippen molar-refractivity contribution < 1.29 is 10.6 Å². The van der Waals surface area contributed by atoms with Gasteiger partial charge in [-0.2, -0.15) is 0 Å². The molecule has 1 aromatic carbocycles. The van der Waals surface area contributed by atoms with Crippen molar-refractivity contribution in [2.24, 2.45) is 0 Å². The fourth-order valence-electron chi connectivity index (χ4n) is 0.781. The van der Waals surface area contributed by atoms with E-state index < -0.39 is 0 Å². The Morgan fingerprint density at radius 3 is 2.00 bits per heavy atom. The Morgan fingerprint density at radius 2 is 1.62 bits per heavy atom. The third-order valence-electron chi connectivity index (χ3n) is 1.22. The Labute approximate surface area is 79.2 Å². The second-order valence-corrected chi connectivity index (χ2v) is 2.16. The van der Waals surface area contributed by atoms with Crippen molar-refractivity contribution in [3.63, 3.8) is 0 Å². The molecule has 0 aliphatic heterocycles. The lowest BCUT2D eigenvalue weighted by Crippen LogP contribution is -1.75. The normalized spacial score (nSPS) is 7.08. The van der Waals surface area contributed by atoms with Crippen LogP contribution < -0.4 is 0 Å². The highest BCUT2D eigenvalue weighted by atomic mass is 16.2. The molecule has 72 valence electrons. The minimum Gasteiger partial charge on any atom is -0.516 e. The van der Waals surface area contributed by atoms with Crippen LogP contribution in [0, 0.1) is 0 Å². The highest BCUT2D eigenvalue weighted by Gasteiger charge is 1.82. The molecule has 13 heavy (non-hydrogen) atoms. The highest BCUT2D eigenvalue weighted by molar-refractivity contribution is 5.16. The quantitative estimate of drug-likeness (QED) is 0.551. The van der Waals surface area contributed by atoms with Gasteiger partial charge in [0, 0.05) is 0 Å². The van der Waals surface area contributed by atoms with Crippen LogP contribution in [0.25, 0.3) is 0 Å². The van der Waals surface area contributed by atoms with Crippen molar-refractivity contribution in [3.05, 3.63) is 61.4 Å². The number of hydrogen-bond acceptors (Lipinski definition) is 1. The summed E-state index contributed by atoms with van der Waals surface area (Å²) in [6.07, 6.45) is 3.64. The van der Waals surface area contributed by atoms with E-state index in [1.165, 1.54) is 5.56 Å². The summed E-state index contributed by atoms with van der Waals surface area (Å²) in [7, 11) is 0. The average Bonchev–Trinajstić information content (AvgIpc) is 2.08. The zero-order valence-electron chi connectivity index (χ0n) is 7.61. The van der Waals surface area contributed by atoms with Crippen LogP contribution in [0.2, 0.25) is 0 Å². The number of aliphatic hydroxyl groups is 1. The predicted octanol–water partition coefficient (Wildman–Crippen LogP) is 2.28. The largest absolute Gasteiger partial charge is 0.516 e. The SMILES string of the molecule is C=CCc1ccccc1.C=CO.O. The molecule has 0 saturated carbocycles. The van der Waals surface area contributed by atoms with Crippen LogP contribution in [0.3, 0.4) is 0 Å². The lowest BCUT2D eigenvalue weighted by atomic mass is 10.2. The summed E-state index contributed by atoms with van der Waals surface area (Å²) in [6.45, 7) is 6.57. The Balaban J connectivity index is 0. The molecule has 0 fully saturated rings. The van der Waals surface area contributed by atoms with Crippen LogP contribution in [-0.2, 0) is 6.42 Å². The van der Waals surface area contributed by atoms with Crippen LogP contribution in [-0.4, -0.2) is 10.6 Å². The lowest BCUT2D eigenvalue weighted by molar-refractivity contribution is 0.476. The van der Waals surface area contributed by atoms with Gasteiger partial charge in [-0.3, -0.25) is 0 Å². The van der Waals surface area contributed by atoms with Crippen LogP contribution in [0.1, 0.15) is 5.56 Å². The van der Waals surface area contributed by atoms with Gasteiger partial charge in [0.05, 0.1) is 6.26 Å². The van der Waals surface area contributed by atoms with Gasteiger partial charge in [-0.05, 0) is 12.0 Å². The van der Waals surface area contributed by atoms with Crippen LogP contribution >= 0.6 is 0 Å². The highest BCUT2D eigenvalue weighted by Crippen LogP contribution is 1.98. The standard InChI is InChI=1S/C9H10.C2H4O.H2O/c1-2-6-9-7-4-3-5-8-9;1-2-3;/h2-5,7-8H,1,6H2;2-3H,1H2;1H2. The van der Waals surface area contributed by atoms with E-state index >= 15 is 0 Å². The van der Waals surface area contributed by atoms with E-state index in [9.17, 15) is 0 Å². The zero-order chi connectivity index (χ0) is 9.23. The molecule has 0 saturated heterocycles. The molecule has 2 heteroatoms. The van der Waals surface area contributed by atoms with E-state index in [4.69, 9.17) is 5.11 Å². The smallest absolute Gasteiger partial charge is 0.0719 e. The maximum atomic E-state index is 7.33. The number of hydrogen-bond donors (Lipinski definition) is 1. The summed E-state index contributed by atoms with van der Waals surface area (Å²) in [5.74, 6) is 0. The molecule has 1 aromatic rings. The summed E-state index contributed by atoms with van der Waals surface area (Å²) in [6, 6.07) is 10.3. The summed E-state index contributed by atoms with van der Waals surface area (Å²) >= 11 is 0. The van der Waals surface area contributed by atoms with Crippen molar-refractivity contribution in [1.29, 1.82) is 0 Å². The first-order chi connectivity index (χ1) is 5.85. The Bertz CT molecular complexity index is 217. The predicted molar refractivity (Wildman–Crippen MR) is 56.8 cm³/mol. The second-order valence-electron chi connectivity index (χ2n) is 2.16. The maximum absolute atomic E-state index is 7.33. The molecule has 0 radical (unpaired) electrons. The third-order valence-corrected chi connectivity index (χ3v) is 1.22. The van der Waals surface area contributed by atoms with Crippen molar-refractivity contribution in [2.75, 3.05) is 0 Å². The van der Waals surface area contributed by atoms with E-state index in [2.05, 4.69) is 25.3 Å². The Morgan fingerprint density at radius 1 is 1.15 bits per heavy atom. The fourth-order valence-corrected chi connectivity index (χ4v) is 0.781. The number of aliphatic hydroxyl groups excluding tert-OH is 1. The summed E-state index contributed by atoms with van der Waals surface area (Å²) in [5.41, 5.74) is 1.33. The molecule has 0 heterocycles. The topological polar surface area (TPSA) is 51.7 Å². The second kappa shape index (κ2) is 10.5. The van der Waals surface area contributed by atoms with Crippen molar-refractivity contribution in [2.45, 2.75) is 6.42 Å². The van der Waals surface area contributed by atoms with Crippen molar-refractivity contribution >= 4 is 0 Å². The fraction of sp³-hybridized carbons (Fsp3) is 0.0909. The van der Waals surface area contributed by atoms with Crippen LogP contribution in [0.15, 0.2) is 55.8 Å². The minimum atomic E-state index is 0. The molecule has 0 aromatic heterocycles. The van der Waals surface area contributed by atoms with Gasteiger partial charge in [0.15, 0.2) is 0 Å². The molecular formula is C11H16O2. The van der Waals surface area contributed by atoms with Gasteiger partial charge < -0.3 is 10.6 Å². The van der Waals surface area contributed by atoms with Gasteiger partial charge in [-0.1, -0.05) is 43.0 Å². The van der Waals surface area contributed by atoms with E-state index in [1.54, 1.807) is 0 Å². The van der Waals surface area contributed by atoms with Gasteiger partial charge in [-0.15, -0.1) is 6.58 Å². The van der Waals surface area contributed by atoms with Crippen molar-refractivity contribution in [1.82, 2.24) is 0 Å². The molecule has 2 nitrogen and oxygen atoms in total.